The minimum Gasteiger partial charge on any atom is -0.462 e. The molecule has 0 amide bonds. The van der Waals surface area contributed by atoms with E-state index >= 15 is 0 Å². The van der Waals surface area contributed by atoms with Gasteiger partial charge in [-0.3, -0.25) is 0 Å². The molecule has 0 spiro atoms. The summed E-state index contributed by atoms with van der Waals surface area (Å²) in [5, 5.41) is 0. The number of rotatable bonds is 8. The minimum atomic E-state index is -2.73. The average molecular weight is 340 g/mol. The fraction of sp³-hybridized carbons (Fsp3) is 0.556. The van der Waals surface area contributed by atoms with E-state index in [2.05, 4.69) is 4.99 Å². The van der Waals surface area contributed by atoms with Crippen molar-refractivity contribution in [3.63, 3.8) is 0 Å². The lowest BCUT2D eigenvalue weighted by atomic mass is 10.0. The number of hydrogen-bond acceptors (Lipinski definition) is 3. The number of benzene rings is 1. The maximum Gasteiger partial charge on any atom is 0.338 e. The first-order chi connectivity index (χ1) is 11.2. The Bertz CT molecular complexity index is 595. The number of alkyl halides is 2. The molecule has 0 aliphatic rings. The van der Waals surface area contributed by atoms with Gasteiger partial charge < -0.3 is 9.64 Å². The summed E-state index contributed by atoms with van der Waals surface area (Å²) in [7, 11) is 1.93. The second-order valence-corrected chi connectivity index (χ2v) is 6.01. The summed E-state index contributed by atoms with van der Waals surface area (Å²) < 4.78 is 30.6. The van der Waals surface area contributed by atoms with Gasteiger partial charge in [-0.15, -0.1) is 0 Å². The second kappa shape index (κ2) is 8.76. The van der Waals surface area contributed by atoms with Crippen LogP contribution >= 0.6 is 0 Å². The lowest BCUT2D eigenvalue weighted by molar-refractivity contribution is 0.00248. The SMILES string of the molecule is CCN(C)/C=N/c1ccc(C(=O)OCCCC(C)(F)F)c(C)c1C. The summed E-state index contributed by atoms with van der Waals surface area (Å²) in [6, 6.07) is 3.43. The van der Waals surface area contributed by atoms with Gasteiger partial charge >= 0.3 is 5.97 Å². The van der Waals surface area contributed by atoms with Crippen molar-refractivity contribution in [1.82, 2.24) is 4.90 Å². The Hall–Kier alpha value is -1.98. The van der Waals surface area contributed by atoms with Crippen LogP contribution in [0.15, 0.2) is 17.1 Å². The van der Waals surface area contributed by atoms with Crippen molar-refractivity contribution in [3.05, 3.63) is 28.8 Å². The third kappa shape index (κ3) is 6.26. The van der Waals surface area contributed by atoms with E-state index in [0.29, 0.717) is 5.56 Å². The van der Waals surface area contributed by atoms with Crippen molar-refractivity contribution in [3.8, 4) is 0 Å². The van der Waals surface area contributed by atoms with E-state index in [0.717, 1.165) is 30.3 Å². The van der Waals surface area contributed by atoms with E-state index in [1.807, 2.05) is 32.7 Å². The largest absolute Gasteiger partial charge is 0.462 e. The van der Waals surface area contributed by atoms with E-state index in [1.54, 1.807) is 18.5 Å². The summed E-state index contributed by atoms with van der Waals surface area (Å²) in [5.74, 6) is -3.22. The monoisotopic (exact) mass is 340 g/mol. The fourth-order valence-electron chi connectivity index (χ4n) is 2.03. The molecule has 134 valence electrons. The Morgan fingerprint density at radius 1 is 1.33 bits per heavy atom. The first kappa shape index (κ1) is 20.1. The number of carbonyl (C=O) groups excluding carboxylic acids is 1. The van der Waals surface area contributed by atoms with Gasteiger partial charge in [-0.1, -0.05) is 0 Å². The van der Waals surface area contributed by atoms with Crippen LogP contribution in [0.25, 0.3) is 0 Å². The van der Waals surface area contributed by atoms with Crippen LogP contribution in [0.5, 0.6) is 0 Å². The Morgan fingerprint density at radius 2 is 2.00 bits per heavy atom. The molecule has 4 nitrogen and oxygen atoms in total. The maximum atomic E-state index is 12.7. The van der Waals surface area contributed by atoms with Gasteiger partial charge in [-0.25, -0.2) is 18.6 Å². The van der Waals surface area contributed by atoms with Gasteiger partial charge in [0.1, 0.15) is 0 Å². The molecule has 0 heterocycles. The molecule has 0 unspecified atom stereocenters. The third-order valence-corrected chi connectivity index (χ3v) is 3.86. The molecule has 0 atom stereocenters. The van der Waals surface area contributed by atoms with Gasteiger partial charge in [0.25, 0.3) is 0 Å². The number of hydrogen-bond donors (Lipinski definition) is 0. The summed E-state index contributed by atoms with van der Waals surface area (Å²) in [5.41, 5.74) is 2.91. The minimum absolute atomic E-state index is 0.0120. The van der Waals surface area contributed by atoms with Gasteiger partial charge in [0, 0.05) is 20.0 Å². The van der Waals surface area contributed by atoms with Gasteiger partial charge in [0.05, 0.1) is 24.2 Å². The molecule has 0 fully saturated rings. The van der Waals surface area contributed by atoms with Crippen molar-refractivity contribution in [1.29, 1.82) is 0 Å². The molecule has 0 aromatic heterocycles. The number of esters is 1. The molecule has 1 aromatic rings. The maximum absolute atomic E-state index is 12.7. The normalized spacial score (nSPS) is 11.8. The predicted octanol–water partition coefficient (Wildman–Crippen LogP) is 4.51. The van der Waals surface area contributed by atoms with Crippen molar-refractivity contribution >= 4 is 18.0 Å². The average Bonchev–Trinajstić information content (AvgIpc) is 2.51. The number of nitrogens with zero attached hydrogens (tertiary/aromatic N) is 2. The number of aliphatic imine (C=N–C) groups is 1. The van der Waals surface area contributed by atoms with Crippen LogP contribution in [0.2, 0.25) is 0 Å². The second-order valence-electron chi connectivity index (χ2n) is 6.01. The highest BCUT2D eigenvalue weighted by Crippen LogP contribution is 2.25. The van der Waals surface area contributed by atoms with E-state index in [4.69, 9.17) is 4.74 Å². The molecule has 6 heteroatoms. The Labute approximate surface area is 142 Å². The number of carbonyl (C=O) groups is 1. The Morgan fingerprint density at radius 3 is 2.58 bits per heavy atom. The molecule has 0 radical (unpaired) electrons. The first-order valence-corrected chi connectivity index (χ1v) is 8.05. The van der Waals surface area contributed by atoms with Crippen molar-refractivity contribution < 1.29 is 18.3 Å². The summed E-state index contributed by atoms with van der Waals surface area (Å²) >= 11 is 0. The Balaban J connectivity index is 2.74. The van der Waals surface area contributed by atoms with Crippen LogP contribution < -0.4 is 0 Å². The van der Waals surface area contributed by atoms with E-state index in [-0.39, 0.29) is 19.4 Å². The third-order valence-electron chi connectivity index (χ3n) is 3.86. The molecular formula is C18H26F2N2O2. The number of halogens is 2. The predicted molar refractivity (Wildman–Crippen MR) is 92.5 cm³/mol. The number of ether oxygens (including phenoxy) is 1. The highest BCUT2D eigenvalue weighted by molar-refractivity contribution is 5.92. The zero-order chi connectivity index (χ0) is 18.3. The Kier molecular flexibility index (Phi) is 7.32. The van der Waals surface area contributed by atoms with Crippen molar-refractivity contribution in [2.75, 3.05) is 20.2 Å². The first-order valence-electron chi connectivity index (χ1n) is 8.05. The topological polar surface area (TPSA) is 41.9 Å². The fourth-order valence-corrected chi connectivity index (χ4v) is 2.03. The lowest BCUT2D eigenvalue weighted by Crippen LogP contribution is -2.14. The quantitative estimate of drug-likeness (QED) is 0.303. The molecular weight excluding hydrogens is 314 g/mol. The zero-order valence-corrected chi connectivity index (χ0v) is 15.0. The molecule has 1 rings (SSSR count). The van der Waals surface area contributed by atoms with Gasteiger partial charge in [0.2, 0.25) is 5.92 Å². The van der Waals surface area contributed by atoms with Gasteiger partial charge in [-0.2, -0.15) is 0 Å². The van der Waals surface area contributed by atoms with Crippen LogP contribution in [0.4, 0.5) is 14.5 Å². The van der Waals surface area contributed by atoms with Crippen LogP contribution in [0, 0.1) is 13.8 Å². The molecule has 0 saturated carbocycles. The van der Waals surface area contributed by atoms with Crippen LogP contribution in [-0.2, 0) is 4.74 Å². The zero-order valence-electron chi connectivity index (χ0n) is 15.0. The van der Waals surface area contributed by atoms with Crippen molar-refractivity contribution in [2.24, 2.45) is 4.99 Å². The molecule has 24 heavy (non-hydrogen) atoms. The lowest BCUT2D eigenvalue weighted by Gasteiger charge is -2.13. The van der Waals surface area contributed by atoms with Gasteiger partial charge in [0.15, 0.2) is 0 Å². The van der Waals surface area contributed by atoms with Crippen molar-refractivity contribution in [2.45, 2.75) is 46.5 Å². The smallest absolute Gasteiger partial charge is 0.338 e. The van der Waals surface area contributed by atoms with Crippen LogP contribution in [0.3, 0.4) is 0 Å². The summed E-state index contributed by atoms with van der Waals surface area (Å²) in [6.45, 7) is 7.44. The van der Waals surface area contributed by atoms with Crippen LogP contribution in [-0.4, -0.2) is 43.3 Å². The van der Waals surface area contributed by atoms with E-state index in [9.17, 15) is 13.6 Å². The molecule has 1 aromatic carbocycles. The highest BCUT2D eigenvalue weighted by Gasteiger charge is 2.20. The van der Waals surface area contributed by atoms with Crippen LogP contribution in [0.1, 0.15) is 48.2 Å². The highest BCUT2D eigenvalue weighted by atomic mass is 19.3. The molecule has 0 saturated heterocycles. The van der Waals surface area contributed by atoms with E-state index in [1.165, 1.54) is 0 Å². The summed E-state index contributed by atoms with van der Waals surface area (Å²) in [4.78, 5) is 18.5. The standard InChI is InChI=1S/C18H26F2N2O2/c1-6-22(5)12-21-16-9-8-15(13(2)14(16)3)17(23)24-11-7-10-18(4,19)20/h8-9,12H,6-7,10-11H2,1-5H3/b21-12+. The van der Waals surface area contributed by atoms with Gasteiger partial charge in [-0.05, 0) is 57.4 Å². The molecule has 0 aliphatic carbocycles. The molecule has 0 bridgehead atoms. The van der Waals surface area contributed by atoms with E-state index < -0.39 is 11.9 Å². The summed E-state index contributed by atoms with van der Waals surface area (Å²) in [6.07, 6.45) is 1.58. The molecule has 0 N–H and O–H groups in total. The molecule has 0 aliphatic heterocycles.